The molecule has 3 aliphatic rings. The van der Waals surface area contributed by atoms with Gasteiger partial charge >= 0.3 is 11.9 Å². The minimum absolute atomic E-state index is 0.136. The molecule has 15 heteroatoms. The van der Waals surface area contributed by atoms with Gasteiger partial charge in [0.05, 0.1) is 0 Å². The van der Waals surface area contributed by atoms with Gasteiger partial charge in [0.1, 0.15) is 48.2 Å². The van der Waals surface area contributed by atoms with Gasteiger partial charge in [0.2, 0.25) is 0 Å². The number of hydrogen-bond donors (Lipinski definition) is 3. The maximum Gasteiger partial charge on any atom is 0.352 e. The van der Waals surface area contributed by atoms with Crippen LogP contribution in [-0.4, -0.2) is 80.6 Å². The number of rotatable bonds is 11. The number of ether oxygens (including phenoxy) is 1. The van der Waals surface area contributed by atoms with Crippen molar-refractivity contribution in [2.24, 2.45) is 11.1 Å². The topological polar surface area (TPSA) is 191 Å². The molecule has 1 saturated heterocycles. The Kier molecular flexibility index (Phi) is 7.59. The number of aromatic nitrogens is 1. The lowest BCUT2D eigenvalue weighted by Gasteiger charge is -2.49. The molecule has 4 N–H and O–H groups in total. The Morgan fingerprint density at radius 3 is 2.69 bits per heavy atom. The third-order valence-electron chi connectivity index (χ3n) is 5.48. The Hall–Kier alpha value is -3.46. The van der Waals surface area contributed by atoms with Crippen LogP contribution in [0, 0.1) is 5.92 Å². The molecule has 36 heavy (non-hydrogen) atoms. The molecular formula is C21H23N5O8S2. The predicted molar refractivity (Wildman–Crippen MR) is 128 cm³/mol. The van der Waals surface area contributed by atoms with Crippen LogP contribution >= 0.6 is 23.1 Å². The number of nitrogen functional groups attached to an aromatic ring is 1. The monoisotopic (exact) mass is 537 g/mol. The summed E-state index contributed by atoms with van der Waals surface area (Å²) in [5.41, 5.74) is 5.65. The van der Waals surface area contributed by atoms with E-state index in [1.165, 1.54) is 18.7 Å². The minimum atomic E-state index is -1.37. The van der Waals surface area contributed by atoms with Gasteiger partial charge in [0.25, 0.3) is 11.8 Å². The fraction of sp³-hybridized carbons (Fsp3) is 0.476. The van der Waals surface area contributed by atoms with E-state index >= 15 is 0 Å². The van der Waals surface area contributed by atoms with Crippen molar-refractivity contribution < 1.29 is 38.7 Å². The van der Waals surface area contributed by atoms with E-state index in [4.69, 9.17) is 15.3 Å². The second kappa shape index (κ2) is 10.7. The molecule has 2 atom stereocenters. The number of nitrogens with two attached hydrogens (primary N) is 1. The molecular weight excluding hydrogens is 514 g/mol. The number of thiazole rings is 1. The van der Waals surface area contributed by atoms with Crippen molar-refractivity contribution in [3.05, 3.63) is 22.3 Å². The molecule has 1 saturated carbocycles. The van der Waals surface area contributed by atoms with Gasteiger partial charge < -0.3 is 25.7 Å². The Labute approximate surface area is 213 Å². The first-order valence-corrected chi connectivity index (χ1v) is 12.9. The number of nitrogens with zero attached hydrogens (tertiary/aromatic N) is 3. The van der Waals surface area contributed by atoms with Crippen molar-refractivity contribution in [3.8, 4) is 0 Å². The van der Waals surface area contributed by atoms with Crippen molar-refractivity contribution in [2.75, 3.05) is 24.7 Å². The zero-order valence-electron chi connectivity index (χ0n) is 19.1. The number of ketones is 1. The molecule has 4 rings (SSSR count). The highest BCUT2D eigenvalue weighted by molar-refractivity contribution is 8.00. The van der Waals surface area contributed by atoms with Gasteiger partial charge in [0, 0.05) is 16.7 Å². The van der Waals surface area contributed by atoms with E-state index in [9.17, 15) is 29.1 Å². The average molecular weight is 538 g/mol. The number of amides is 2. The smallest absolute Gasteiger partial charge is 0.352 e. The number of carbonyl (C=O) groups excluding carboxylic acids is 4. The summed E-state index contributed by atoms with van der Waals surface area (Å²) in [5, 5.41) is 17.3. The van der Waals surface area contributed by atoms with Crippen molar-refractivity contribution in [1.82, 2.24) is 15.2 Å². The molecule has 3 heterocycles. The Morgan fingerprint density at radius 2 is 2.08 bits per heavy atom. The number of aliphatic carboxylic acids is 1. The Bertz CT molecular complexity index is 1170. The van der Waals surface area contributed by atoms with Crippen molar-refractivity contribution in [2.45, 2.75) is 37.6 Å². The van der Waals surface area contributed by atoms with Crippen LogP contribution in [0.1, 0.15) is 31.9 Å². The zero-order valence-corrected chi connectivity index (χ0v) is 20.7. The van der Waals surface area contributed by atoms with Crippen molar-refractivity contribution in [3.63, 3.8) is 0 Å². The van der Waals surface area contributed by atoms with Gasteiger partial charge in [0.15, 0.2) is 10.8 Å². The standard InChI is InChI=1S/C21H23N5O8S2/c1-9(27)4-13(28)33-6-11-7-35-19-15(18(30)26(19)16(11)20(31)32)24-17(29)14(12-8-36-21(22)23-12)25-34-5-10-2-3-10/h8,10,15,19H,2-7H2,1H3,(H2,22,23)(H,24,29)(H,31,32)/b25-14-/t15-,19-/m1/s1. The number of Topliss-reactive ketones (excluding diaryl/α,β-unsaturated/α-hetero) is 1. The van der Waals surface area contributed by atoms with Gasteiger partial charge in [-0.15, -0.1) is 23.1 Å². The third-order valence-corrected chi connectivity index (χ3v) is 7.49. The number of hydrogen-bond acceptors (Lipinski definition) is 12. The molecule has 13 nitrogen and oxygen atoms in total. The van der Waals surface area contributed by atoms with E-state index in [0.717, 1.165) is 29.1 Å². The average Bonchev–Trinajstić information content (AvgIpc) is 3.55. The van der Waals surface area contributed by atoms with E-state index in [1.54, 1.807) is 5.38 Å². The van der Waals surface area contributed by atoms with Crippen LogP contribution < -0.4 is 11.1 Å². The SMILES string of the molecule is CC(=O)CC(=O)OCC1=C(C(=O)O)N2C(=O)[C@@H](NC(=O)/C(=N\OCC3CC3)c3csc(N)n3)[C@H]2SC1. The molecule has 0 aromatic carbocycles. The highest BCUT2D eigenvalue weighted by Gasteiger charge is 2.54. The molecule has 192 valence electrons. The highest BCUT2D eigenvalue weighted by atomic mass is 32.2. The fourth-order valence-corrected chi connectivity index (χ4v) is 5.39. The summed E-state index contributed by atoms with van der Waals surface area (Å²) in [5.74, 6) is -3.35. The quantitative estimate of drug-likeness (QED) is 0.114. The van der Waals surface area contributed by atoms with E-state index in [2.05, 4.69) is 15.5 Å². The van der Waals surface area contributed by atoms with Crippen LogP contribution in [0.2, 0.25) is 0 Å². The van der Waals surface area contributed by atoms with Crippen LogP contribution in [0.15, 0.2) is 21.8 Å². The summed E-state index contributed by atoms with van der Waals surface area (Å²) in [4.78, 5) is 71.0. The molecule has 2 amide bonds. The number of carboxylic acids is 1. The van der Waals surface area contributed by atoms with Crippen LogP contribution in [0.5, 0.6) is 0 Å². The van der Waals surface area contributed by atoms with Gasteiger partial charge in [-0.05, 0) is 25.7 Å². The lowest BCUT2D eigenvalue weighted by Crippen LogP contribution is -2.71. The van der Waals surface area contributed by atoms with Gasteiger partial charge in [-0.1, -0.05) is 5.16 Å². The summed E-state index contributed by atoms with van der Waals surface area (Å²) in [6.07, 6.45) is 1.63. The number of carbonyl (C=O) groups is 5. The Morgan fingerprint density at radius 1 is 1.33 bits per heavy atom. The number of esters is 1. The van der Waals surface area contributed by atoms with E-state index in [-0.39, 0.29) is 46.0 Å². The van der Waals surface area contributed by atoms with Gasteiger partial charge in [-0.25, -0.2) is 9.78 Å². The molecule has 1 aromatic rings. The highest BCUT2D eigenvalue weighted by Crippen LogP contribution is 2.40. The second-order valence-electron chi connectivity index (χ2n) is 8.41. The fourth-order valence-electron chi connectivity index (χ4n) is 3.52. The molecule has 0 unspecified atom stereocenters. The van der Waals surface area contributed by atoms with Gasteiger partial charge in [-0.2, -0.15) is 0 Å². The van der Waals surface area contributed by atoms with E-state index < -0.39 is 41.6 Å². The second-order valence-corrected chi connectivity index (χ2v) is 10.4. The first-order valence-electron chi connectivity index (χ1n) is 10.9. The summed E-state index contributed by atoms with van der Waals surface area (Å²) in [7, 11) is 0. The van der Waals surface area contributed by atoms with E-state index in [1.807, 2.05) is 0 Å². The number of carboxylic acid groups (broad SMARTS) is 1. The predicted octanol–water partition coefficient (Wildman–Crippen LogP) is 0.117. The number of anilines is 1. The molecule has 0 bridgehead atoms. The lowest BCUT2D eigenvalue weighted by atomic mass is 10.0. The number of oxime groups is 1. The van der Waals surface area contributed by atoms with Crippen LogP contribution in [0.25, 0.3) is 0 Å². The molecule has 1 aromatic heterocycles. The zero-order chi connectivity index (χ0) is 26.0. The first kappa shape index (κ1) is 25.6. The number of β-lactam (4-membered cyclic amide) rings is 1. The summed E-state index contributed by atoms with van der Waals surface area (Å²) < 4.78 is 5.00. The third kappa shape index (κ3) is 5.67. The van der Waals surface area contributed by atoms with Crippen LogP contribution in [0.4, 0.5) is 5.13 Å². The molecule has 2 aliphatic heterocycles. The van der Waals surface area contributed by atoms with Crippen LogP contribution in [-0.2, 0) is 33.5 Å². The number of thioether (sulfide) groups is 1. The normalized spacial score (nSPS) is 21.4. The van der Waals surface area contributed by atoms with Gasteiger partial charge in [-0.3, -0.25) is 24.1 Å². The van der Waals surface area contributed by atoms with Crippen molar-refractivity contribution in [1.29, 1.82) is 0 Å². The summed E-state index contributed by atoms with van der Waals surface area (Å²) >= 11 is 2.33. The maximum atomic E-state index is 13.0. The Balaban J connectivity index is 1.45. The minimum Gasteiger partial charge on any atom is -0.477 e. The maximum absolute atomic E-state index is 13.0. The number of fused-ring (bicyclic) bond motifs is 1. The molecule has 1 aliphatic carbocycles. The lowest BCUT2D eigenvalue weighted by molar-refractivity contribution is -0.150. The number of nitrogens with one attached hydrogen (secondary N) is 1. The summed E-state index contributed by atoms with van der Waals surface area (Å²) in [6, 6.07) is -1.01. The molecule has 2 fully saturated rings. The van der Waals surface area contributed by atoms with Crippen LogP contribution in [0.3, 0.4) is 0 Å². The van der Waals surface area contributed by atoms with Crippen molar-refractivity contribution >= 4 is 63.5 Å². The summed E-state index contributed by atoms with van der Waals surface area (Å²) in [6.45, 7) is 1.22. The molecule has 0 spiro atoms. The molecule has 0 radical (unpaired) electrons. The first-order chi connectivity index (χ1) is 17.2. The van der Waals surface area contributed by atoms with E-state index in [0.29, 0.717) is 12.5 Å². The largest absolute Gasteiger partial charge is 0.477 e.